The molecule has 0 aliphatic rings. The lowest BCUT2D eigenvalue weighted by Gasteiger charge is -2.14. The lowest BCUT2D eigenvalue weighted by atomic mass is 10.2. The van der Waals surface area contributed by atoms with Gasteiger partial charge in [-0.25, -0.2) is 4.98 Å². The van der Waals surface area contributed by atoms with Crippen molar-refractivity contribution in [3.63, 3.8) is 0 Å². The molecular weight excluding hydrogens is 398 g/mol. The molecule has 3 rings (SSSR count). The van der Waals surface area contributed by atoms with Crippen LogP contribution in [0.3, 0.4) is 0 Å². The summed E-state index contributed by atoms with van der Waals surface area (Å²) in [6.45, 7) is 0. The van der Waals surface area contributed by atoms with E-state index < -0.39 is 0 Å². The molecule has 0 radical (unpaired) electrons. The number of anilines is 2. The summed E-state index contributed by atoms with van der Waals surface area (Å²) in [7, 11) is 3.23. The Morgan fingerprint density at radius 1 is 1.14 bits per heavy atom. The fourth-order valence-electron chi connectivity index (χ4n) is 2.45. The number of carbonyl (C=O) groups excluding carboxylic acids is 2. The van der Waals surface area contributed by atoms with Crippen molar-refractivity contribution in [2.45, 2.75) is 6.42 Å². The van der Waals surface area contributed by atoms with E-state index in [4.69, 9.17) is 16.3 Å². The first kappa shape index (κ1) is 19.9. The van der Waals surface area contributed by atoms with Gasteiger partial charge in [0.25, 0.3) is 5.91 Å². The maximum atomic E-state index is 12.6. The molecule has 0 saturated heterocycles. The fraction of sp³-hybridized carbons (Fsp3) is 0.150. The van der Waals surface area contributed by atoms with E-state index in [9.17, 15) is 9.59 Å². The van der Waals surface area contributed by atoms with Gasteiger partial charge in [0.1, 0.15) is 5.75 Å². The van der Waals surface area contributed by atoms with Gasteiger partial charge in [-0.2, -0.15) is 0 Å². The minimum absolute atomic E-state index is 0.115. The minimum atomic E-state index is -0.191. The van der Waals surface area contributed by atoms with E-state index in [1.807, 2.05) is 0 Å². The first-order valence-corrected chi connectivity index (χ1v) is 9.64. The maximum Gasteiger partial charge on any atom is 0.259 e. The first-order chi connectivity index (χ1) is 13.5. The van der Waals surface area contributed by atoms with E-state index in [1.165, 1.54) is 16.2 Å². The van der Waals surface area contributed by atoms with Crippen LogP contribution in [0.4, 0.5) is 10.8 Å². The monoisotopic (exact) mass is 415 g/mol. The number of thiazole rings is 1. The summed E-state index contributed by atoms with van der Waals surface area (Å²) in [6, 6.07) is 13.7. The molecule has 1 heterocycles. The average Bonchev–Trinajstić information content (AvgIpc) is 3.17. The number of aromatic nitrogens is 1. The molecule has 3 aromatic rings. The van der Waals surface area contributed by atoms with Gasteiger partial charge in [-0.05, 0) is 48.5 Å². The molecule has 0 saturated carbocycles. The number of methoxy groups -OCH3 is 1. The predicted molar refractivity (Wildman–Crippen MR) is 112 cm³/mol. The van der Waals surface area contributed by atoms with Crippen LogP contribution in [-0.4, -0.2) is 31.0 Å². The van der Waals surface area contributed by atoms with Crippen molar-refractivity contribution >= 4 is 45.6 Å². The molecule has 144 valence electrons. The SMILES string of the molecule is COc1ccc(C(=O)N(C)c2nc(CC(=O)Nc3ccc(Cl)cc3)cs2)cc1. The van der Waals surface area contributed by atoms with Gasteiger partial charge in [-0.15, -0.1) is 11.3 Å². The summed E-state index contributed by atoms with van der Waals surface area (Å²) in [5.74, 6) is 0.305. The largest absolute Gasteiger partial charge is 0.497 e. The van der Waals surface area contributed by atoms with Crippen LogP contribution in [0.2, 0.25) is 5.02 Å². The van der Waals surface area contributed by atoms with Crippen molar-refractivity contribution in [2.24, 2.45) is 0 Å². The molecule has 2 amide bonds. The highest BCUT2D eigenvalue weighted by atomic mass is 35.5. The summed E-state index contributed by atoms with van der Waals surface area (Å²) in [5, 5.41) is 5.69. The third-order valence-corrected chi connectivity index (χ3v) is 5.16. The van der Waals surface area contributed by atoms with Crippen LogP contribution < -0.4 is 15.0 Å². The summed E-state index contributed by atoms with van der Waals surface area (Å²) in [5.41, 5.74) is 1.79. The molecule has 0 fully saturated rings. The Morgan fingerprint density at radius 2 is 1.82 bits per heavy atom. The number of halogens is 1. The van der Waals surface area contributed by atoms with Crippen LogP contribution >= 0.6 is 22.9 Å². The minimum Gasteiger partial charge on any atom is -0.497 e. The zero-order valence-corrected chi connectivity index (χ0v) is 16.9. The number of benzene rings is 2. The number of nitrogens with one attached hydrogen (secondary N) is 1. The summed E-state index contributed by atoms with van der Waals surface area (Å²) >= 11 is 7.15. The predicted octanol–water partition coefficient (Wildman–Crippen LogP) is 4.26. The van der Waals surface area contributed by atoms with E-state index in [1.54, 1.807) is 68.1 Å². The Labute approximate surface area is 171 Å². The zero-order valence-electron chi connectivity index (χ0n) is 15.3. The van der Waals surface area contributed by atoms with Gasteiger partial charge in [0.2, 0.25) is 5.91 Å². The van der Waals surface area contributed by atoms with Crippen molar-refractivity contribution in [2.75, 3.05) is 24.4 Å². The maximum absolute atomic E-state index is 12.6. The van der Waals surface area contributed by atoms with E-state index in [-0.39, 0.29) is 18.2 Å². The lowest BCUT2D eigenvalue weighted by molar-refractivity contribution is -0.115. The van der Waals surface area contributed by atoms with Crippen molar-refractivity contribution in [1.29, 1.82) is 0 Å². The summed E-state index contributed by atoms with van der Waals surface area (Å²) in [6.07, 6.45) is 0.115. The second-order valence-corrected chi connectivity index (χ2v) is 7.22. The van der Waals surface area contributed by atoms with E-state index in [2.05, 4.69) is 10.3 Å². The Bertz CT molecular complexity index is 971. The van der Waals surface area contributed by atoms with Gasteiger partial charge in [0, 0.05) is 28.7 Å². The highest BCUT2D eigenvalue weighted by Crippen LogP contribution is 2.22. The number of amides is 2. The van der Waals surface area contributed by atoms with Crippen LogP contribution in [0.5, 0.6) is 5.75 Å². The highest BCUT2D eigenvalue weighted by molar-refractivity contribution is 7.14. The molecule has 0 aliphatic heterocycles. The van der Waals surface area contributed by atoms with Crippen molar-refractivity contribution in [3.05, 3.63) is 70.2 Å². The third kappa shape index (κ3) is 4.88. The van der Waals surface area contributed by atoms with Crippen molar-refractivity contribution in [1.82, 2.24) is 4.98 Å². The van der Waals surface area contributed by atoms with E-state index >= 15 is 0 Å². The fourth-order valence-corrected chi connectivity index (χ4v) is 3.36. The number of hydrogen-bond donors (Lipinski definition) is 1. The lowest BCUT2D eigenvalue weighted by Crippen LogP contribution is -2.26. The average molecular weight is 416 g/mol. The molecule has 1 aromatic heterocycles. The molecule has 0 atom stereocenters. The molecule has 0 aliphatic carbocycles. The summed E-state index contributed by atoms with van der Waals surface area (Å²) < 4.78 is 5.10. The molecule has 1 N–H and O–H groups in total. The smallest absolute Gasteiger partial charge is 0.259 e. The molecule has 0 spiro atoms. The standard InChI is InChI=1S/C20H18ClN3O3S/c1-24(19(26)13-3-9-17(27-2)10-4-13)20-23-16(12-28-20)11-18(25)22-15-7-5-14(21)6-8-15/h3-10,12H,11H2,1-2H3,(H,22,25). The van der Waals surface area contributed by atoms with Gasteiger partial charge >= 0.3 is 0 Å². The van der Waals surface area contributed by atoms with Crippen molar-refractivity contribution in [3.8, 4) is 5.75 Å². The van der Waals surface area contributed by atoms with Crippen LogP contribution in [0.15, 0.2) is 53.9 Å². The number of hydrogen-bond acceptors (Lipinski definition) is 5. The third-order valence-electron chi connectivity index (χ3n) is 3.94. The normalized spacial score (nSPS) is 10.4. The second kappa shape index (κ2) is 8.86. The van der Waals surface area contributed by atoms with Crippen LogP contribution in [0.25, 0.3) is 0 Å². The van der Waals surface area contributed by atoms with Crippen LogP contribution in [0, 0.1) is 0 Å². The quantitative estimate of drug-likeness (QED) is 0.652. The second-order valence-electron chi connectivity index (χ2n) is 5.95. The number of ether oxygens (including phenoxy) is 1. The number of rotatable bonds is 6. The molecule has 0 bridgehead atoms. The van der Waals surface area contributed by atoms with Gasteiger partial charge in [-0.1, -0.05) is 11.6 Å². The Hall–Kier alpha value is -2.90. The van der Waals surface area contributed by atoms with Gasteiger partial charge < -0.3 is 10.1 Å². The van der Waals surface area contributed by atoms with Crippen molar-refractivity contribution < 1.29 is 14.3 Å². The molecule has 6 nitrogen and oxygen atoms in total. The molecule has 0 unspecified atom stereocenters. The van der Waals surface area contributed by atoms with Gasteiger partial charge in [0.15, 0.2) is 5.13 Å². The molecular formula is C20H18ClN3O3S. The zero-order chi connectivity index (χ0) is 20.1. The topological polar surface area (TPSA) is 71.5 Å². The molecule has 8 heteroatoms. The molecule has 2 aromatic carbocycles. The van der Waals surface area contributed by atoms with Crippen LogP contribution in [0.1, 0.15) is 16.1 Å². The van der Waals surface area contributed by atoms with E-state index in [0.717, 1.165) is 0 Å². The van der Waals surface area contributed by atoms with E-state index in [0.29, 0.717) is 32.8 Å². The van der Waals surface area contributed by atoms with Crippen LogP contribution in [-0.2, 0) is 11.2 Å². The Morgan fingerprint density at radius 3 is 2.46 bits per heavy atom. The number of carbonyl (C=O) groups is 2. The first-order valence-electron chi connectivity index (χ1n) is 8.38. The molecule has 28 heavy (non-hydrogen) atoms. The van der Waals surface area contributed by atoms with Gasteiger partial charge in [-0.3, -0.25) is 14.5 Å². The summed E-state index contributed by atoms with van der Waals surface area (Å²) in [4.78, 5) is 30.7. The number of nitrogens with zero attached hydrogens (tertiary/aromatic N) is 2. The van der Waals surface area contributed by atoms with Gasteiger partial charge in [0.05, 0.1) is 19.2 Å². The highest BCUT2D eigenvalue weighted by Gasteiger charge is 2.17. The Kier molecular flexibility index (Phi) is 6.28. The Balaban J connectivity index is 1.62.